The summed E-state index contributed by atoms with van der Waals surface area (Å²) in [5.41, 5.74) is 1.74. The van der Waals surface area contributed by atoms with Gasteiger partial charge in [0.1, 0.15) is 5.75 Å². The van der Waals surface area contributed by atoms with E-state index in [0.29, 0.717) is 22.2 Å². The summed E-state index contributed by atoms with van der Waals surface area (Å²) >= 11 is 7.62. The second-order valence-corrected chi connectivity index (χ2v) is 7.97. The molecular formula is C22H20ClNO2S. The third kappa shape index (κ3) is 5.52. The molecule has 0 bridgehead atoms. The molecule has 5 heteroatoms. The summed E-state index contributed by atoms with van der Waals surface area (Å²) in [6, 6.07) is 22.7. The Morgan fingerprint density at radius 1 is 1.04 bits per heavy atom. The van der Waals surface area contributed by atoms with Gasteiger partial charge in [-0.3, -0.25) is 4.79 Å². The lowest BCUT2D eigenvalue weighted by molar-refractivity contribution is -0.115. The zero-order valence-electron chi connectivity index (χ0n) is 15.1. The maximum absolute atomic E-state index is 12.7. The minimum Gasteiger partial charge on any atom is -0.455 e. The highest BCUT2D eigenvalue weighted by Gasteiger charge is 2.17. The highest BCUT2D eigenvalue weighted by Crippen LogP contribution is 2.33. The van der Waals surface area contributed by atoms with Crippen LogP contribution in [0.1, 0.15) is 12.5 Å². The summed E-state index contributed by atoms with van der Waals surface area (Å²) in [5.74, 6) is 1.13. The number of nitrogens with one attached hydrogen (secondary N) is 1. The molecule has 27 heavy (non-hydrogen) atoms. The van der Waals surface area contributed by atoms with E-state index in [2.05, 4.69) is 5.32 Å². The van der Waals surface area contributed by atoms with Gasteiger partial charge in [0.05, 0.1) is 10.9 Å². The number of benzene rings is 3. The van der Waals surface area contributed by atoms with Crippen LogP contribution in [-0.4, -0.2) is 11.2 Å². The number of amides is 1. The third-order valence-electron chi connectivity index (χ3n) is 3.87. The molecule has 1 atom stereocenters. The first-order chi connectivity index (χ1) is 13.0. The molecule has 3 rings (SSSR count). The second-order valence-electron chi connectivity index (χ2n) is 6.12. The summed E-state index contributed by atoms with van der Waals surface area (Å²) in [5, 5.41) is 3.20. The van der Waals surface area contributed by atoms with Crippen LogP contribution in [0.5, 0.6) is 11.5 Å². The average Bonchev–Trinajstić information content (AvgIpc) is 2.66. The molecule has 1 unspecified atom stereocenters. The number of carbonyl (C=O) groups is 1. The lowest BCUT2D eigenvalue weighted by atomic mass is 10.2. The van der Waals surface area contributed by atoms with Crippen LogP contribution >= 0.6 is 23.4 Å². The van der Waals surface area contributed by atoms with Crippen molar-refractivity contribution in [2.75, 3.05) is 5.32 Å². The second kappa shape index (κ2) is 8.98. The largest absolute Gasteiger partial charge is 0.455 e. The Balaban J connectivity index is 1.72. The predicted molar refractivity (Wildman–Crippen MR) is 113 cm³/mol. The molecule has 3 nitrogen and oxygen atoms in total. The van der Waals surface area contributed by atoms with Gasteiger partial charge in [-0.25, -0.2) is 0 Å². The van der Waals surface area contributed by atoms with E-state index in [0.717, 1.165) is 4.90 Å². The minimum absolute atomic E-state index is 0.110. The molecule has 138 valence electrons. The third-order valence-corrected chi connectivity index (χ3v) is 5.22. The van der Waals surface area contributed by atoms with Gasteiger partial charge in [-0.05, 0) is 56.3 Å². The lowest BCUT2D eigenvalue weighted by Gasteiger charge is -2.16. The van der Waals surface area contributed by atoms with Crippen molar-refractivity contribution in [2.45, 2.75) is 24.0 Å². The standard InChI is InChI=1S/C22H20ClNO2S/c1-15-8-11-19(12-9-15)27-16(2)22(25)24-20-14-17(23)10-13-21(20)26-18-6-4-3-5-7-18/h3-14,16H,1-2H3,(H,24,25). The normalized spacial score (nSPS) is 11.7. The Bertz CT molecular complexity index is 913. The first kappa shape index (κ1) is 19.3. The molecule has 0 saturated carbocycles. The van der Waals surface area contributed by atoms with Crippen LogP contribution in [-0.2, 0) is 4.79 Å². The molecule has 0 radical (unpaired) electrons. The smallest absolute Gasteiger partial charge is 0.237 e. The van der Waals surface area contributed by atoms with Gasteiger partial charge in [-0.2, -0.15) is 0 Å². The minimum atomic E-state index is -0.267. The Labute approximate surface area is 168 Å². The number of thioether (sulfide) groups is 1. The molecule has 0 spiro atoms. The van der Waals surface area contributed by atoms with Crippen molar-refractivity contribution in [2.24, 2.45) is 0 Å². The zero-order chi connectivity index (χ0) is 19.2. The Morgan fingerprint density at radius 3 is 2.44 bits per heavy atom. The van der Waals surface area contributed by atoms with Gasteiger partial charge < -0.3 is 10.1 Å². The number of para-hydroxylation sites is 1. The van der Waals surface area contributed by atoms with Crippen molar-refractivity contribution in [1.82, 2.24) is 0 Å². The average molecular weight is 398 g/mol. The van der Waals surface area contributed by atoms with Crippen molar-refractivity contribution in [3.8, 4) is 11.5 Å². The first-order valence-electron chi connectivity index (χ1n) is 8.58. The van der Waals surface area contributed by atoms with Gasteiger partial charge in [0.25, 0.3) is 0 Å². The number of anilines is 1. The number of carbonyl (C=O) groups excluding carboxylic acids is 1. The van der Waals surface area contributed by atoms with Gasteiger partial charge in [0.2, 0.25) is 5.91 Å². The lowest BCUT2D eigenvalue weighted by Crippen LogP contribution is -2.22. The molecule has 0 heterocycles. The van der Waals surface area contributed by atoms with Crippen LogP contribution in [0.25, 0.3) is 0 Å². The Kier molecular flexibility index (Phi) is 6.43. The van der Waals surface area contributed by atoms with Crippen molar-refractivity contribution in [3.05, 3.63) is 83.4 Å². The van der Waals surface area contributed by atoms with Crippen LogP contribution in [0.3, 0.4) is 0 Å². The molecule has 0 fully saturated rings. The van der Waals surface area contributed by atoms with Gasteiger partial charge >= 0.3 is 0 Å². The Morgan fingerprint density at radius 2 is 1.74 bits per heavy atom. The van der Waals surface area contributed by atoms with Crippen molar-refractivity contribution in [3.63, 3.8) is 0 Å². The van der Waals surface area contributed by atoms with Crippen LogP contribution in [0, 0.1) is 6.92 Å². The van der Waals surface area contributed by atoms with E-state index in [9.17, 15) is 4.79 Å². The van der Waals surface area contributed by atoms with Gasteiger partial charge in [0, 0.05) is 9.92 Å². The monoisotopic (exact) mass is 397 g/mol. The molecule has 0 saturated heterocycles. The van der Waals surface area contributed by atoms with E-state index in [1.54, 1.807) is 18.2 Å². The van der Waals surface area contributed by atoms with Crippen LogP contribution in [0.4, 0.5) is 5.69 Å². The maximum atomic E-state index is 12.7. The Hall–Kier alpha value is -2.43. The number of hydrogen-bond donors (Lipinski definition) is 1. The molecule has 0 aliphatic heterocycles. The molecule has 3 aromatic rings. The fourth-order valence-electron chi connectivity index (χ4n) is 2.41. The first-order valence-corrected chi connectivity index (χ1v) is 9.83. The van der Waals surface area contributed by atoms with E-state index in [-0.39, 0.29) is 11.2 Å². The molecule has 1 amide bonds. The molecule has 0 aliphatic carbocycles. The van der Waals surface area contributed by atoms with E-state index < -0.39 is 0 Å². The molecule has 3 aromatic carbocycles. The van der Waals surface area contributed by atoms with E-state index in [4.69, 9.17) is 16.3 Å². The van der Waals surface area contributed by atoms with Crippen LogP contribution < -0.4 is 10.1 Å². The summed E-state index contributed by atoms with van der Waals surface area (Å²) in [6.45, 7) is 3.92. The van der Waals surface area contributed by atoms with Crippen LogP contribution in [0.15, 0.2) is 77.7 Å². The van der Waals surface area contributed by atoms with Gasteiger partial charge in [-0.15, -0.1) is 11.8 Å². The summed E-state index contributed by atoms with van der Waals surface area (Å²) < 4.78 is 5.90. The maximum Gasteiger partial charge on any atom is 0.237 e. The number of aryl methyl sites for hydroxylation is 1. The SMILES string of the molecule is Cc1ccc(SC(C)C(=O)Nc2cc(Cl)ccc2Oc2ccccc2)cc1. The highest BCUT2D eigenvalue weighted by molar-refractivity contribution is 8.00. The van der Waals surface area contributed by atoms with E-state index in [1.165, 1.54) is 17.3 Å². The van der Waals surface area contributed by atoms with Gasteiger partial charge in [-0.1, -0.05) is 47.5 Å². The topological polar surface area (TPSA) is 38.3 Å². The van der Waals surface area contributed by atoms with Crippen molar-refractivity contribution in [1.29, 1.82) is 0 Å². The number of ether oxygens (including phenoxy) is 1. The number of hydrogen-bond acceptors (Lipinski definition) is 3. The van der Waals surface area contributed by atoms with Crippen LogP contribution in [0.2, 0.25) is 5.02 Å². The fourth-order valence-corrected chi connectivity index (χ4v) is 3.45. The zero-order valence-corrected chi connectivity index (χ0v) is 16.7. The van der Waals surface area contributed by atoms with E-state index >= 15 is 0 Å². The number of rotatable bonds is 6. The molecule has 0 aromatic heterocycles. The molecule has 1 N–H and O–H groups in total. The van der Waals surface area contributed by atoms with E-state index in [1.807, 2.05) is 68.4 Å². The summed E-state index contributed by atoms with van der Waals surface area (Å²) in [6.07, 6.45) is 0. The summed E-state index contributed by atoms with van der Waals surface area (Å²) in [7, 11) is 0. The molecule has 0 aliphatic rings. The predicted octanol–water partition coefficient (Wildman–Crippen LogP) is 6.56. The van der Waals surface area contributed by atoms with Crippen molar-refractivity contribution < 1.29 is 9.53 Å². The summed E-state index contributed by atoms with van der Waals surface area (Å²) in [4.78, 5) is 13.7. The fraction of sp³-hybridized carbons (Fsp3) is 0.136. The molecular weight excluding hydrogens is 378 g/mol. The quantitative estimate of drug-likeness (QED) is 0.478. The van der Waals surface area contributed by atoms with Gasteiger partial charge in [0.15, 0.2) is 5.75 Å². The number of halogens is 1. The highest BCUT2D eigenvalue weighted by atomic mass is 35.5. The van der Waals surface area contributed by atoms with Crippen molar-refractivity contribution >= 4 is 35.0 Å².